The van der Waals surface area contributed by atoms with Gasteiger partial charge in [0.25, 0.3) is 5.91 Å². The van der Waals surface area contributed by atoms with Gasteiger partial charge in [0.2, 0.25) is 5.28 Å². The molecule has 5 heteroatoms. The molecule has 0 radical (unpaired) electrons. The number of nitrogens with one attached hydrogen (secondary N) is 1. The first-order valence-electron chi connectivity index (χ1n) is 6.38. The van der Waals surface area contributed by atoms with E-state index in [1.807, 2.05) is 38.7 Å². The molecule has 0 atom stereocenters. The summed E-state index contributed by atoms with van der Waals surface area (Å²) in [5, 5.41) is 0.337. The van der Waals surface area contributed by atoms with E-state index in [2.05, 4.69) is 9.97 Å². The molecule has 0 fully saturated rings. The third kappa shape index (κ3) is 2.73. The highest BCUT2D eigenvalue weighted by Crippen LogP contribution is 2.19. The Kier molecular flexibility index (Phi) is 3.80. The largest absolute Gasteiger partial charge is 0.334 e. The first kappa shape index (κ1) is 13.9. The Labute approximate surface area is 117 Å². The van der Waals surface area contributed by atoms with Crippen LogP contribution in [0.5, 0.6) is 0 Å². The zero-order valence-corrected chi connectivity index (χ0v) is 12.3. The molecule has 1 amide bonds. The van der Waals surface area contributed by atoms with Gasteiger partial charge in [-0.25, -0.2) is 4.98 Å². The number of amides is 1. The van der Waals surface area contributed by atoms with Crippen LogP contribution in [0.25, 0.3) is 11.0 Å². The summed E-state index contributed by atoms with van der Waals surface area (Å²) in [6.45, 7) is 8.07. The van der Waals surface area contributed by atoms with Gasteiger partial charge in [-0.15, -0.1) is 0 Å². The predicted octanol–water partition coefficient (Wildman–Crippen LogP) is 3.48. The molecule has 0 aliphatic heterocycles. The Morgan fingerprint density at radius 3 is 2.47 bits per heavy atom. The Morgan fingerprint density at radius 1 is 1.26 bits per heavy atom. The second-order valence-corrected chi connectivity index (χ2v) is 5.52. The molecule has 0 saturated carbocycles. The number of H-pyrrole nitrogens is 1. The molecule has 0 bridgehead atoms. The third-order valence-corrected chi connectivity index (χ3v) is 3.23. The van der Waals surface area contributed by atoms with Crippen molar-refractivity contribution >= 4 is 28.5 Å². The number of aromatic amines is 1. The van der Waals surface area contributed by atoms with Crippen LogP contribution in [0.15, 0.2) is 18.2 Å². The number of hydrogen-bond donors (Lipinski definition) is 1. The van der Waals surface area contributed by atoms with Gasteiger partial charge in [-0.05, 0) is 57.5 Å². The summed E-state index contributed by atoms with van der Waals surface area (Å²) in [6, 6.07) is 5.72. The molecule has 102 valence electrons. The number of carbonyl (C=O) groups excluding carboxylic acids is 1. The molecular weight excluding hydrogens is 262 g/mol. The molecule has 0 saturated heterocycles. The van der Waals surface area contributed by atoms with E-state index in [1.54, 1.807) is 12.1 Å². The minimum Gasteiger partial charge on any atom is -0.334 e. The maximum atomic E-state index is 12.5. The Bertz CT molecular complexity index is 596. The van der Waals surface area contributed by atoms with Crippen molar-refractivity contribution in [2.75, 3.05) is 0 Å². The summed E-state index contributed by atoms with van der Waals surface area (Å²) in [5.74, 6) is 0.0256. The van der Waals surface area contributed by atoms with E-state index in [4.69, 9.17) is 11.6 Å². The van der Waals surface area contributed by atoms with Crippen LogP contribution in [-0.4, -0.2) is 32.9 Å². The van der Waals surface area contributed by atoms with E-state index in [9.17, 15) is 4.79 Å². The number of carbonyl (C=O) groups is 1. The number of imidazole rings is 1. The Balaban J connectivity index is 2.39. The van der Waals surface area contributed by atoms with E-state index in [0.29, 0.717) is 10.8 Å². The van der Waals surface area contributed by atoms with Crippen molar-refractivity contribution in [3.05, 3.63) is 29.0 Å². The maximum absolute atomic E-state index is 12.5. The molecule has 1 heterocycles. The second kappa shape index (κ2) is 5.21. The van der Waals surface area contributed by atoms with Crippen LogP contribution in [0, 0.1) is 0 Å². The molecule has 1 N–H and O–H groups in total. The maximum Gasteiger partial charge on any atom is 0.254 e. The number of halogens is 1. The van der Waals surface area contributed by atoms with E-state index in [-0.39, 0.29) is 18.0 Å². The number of aromatic nitrogens is 2. The number of benzene rings is 1. The van der Waals surface area contributed by atoms with Gasteiger partial charge < -0.3 is 9.88 Å². The number of fused-ring (bicyclic) bond motifs is 1. The van der Waals surface area contributed by atoms with Crippen molar-refractivity contribution in [3.8, 4) is 0 Å². The van der Waals surface area contributed by atoms with Crippen LogP contribution in [-0.2, 0) is 0 Å². The van der Waals surface area contributed by atoms with Crippen molar-refractivity contribution in [3.63, 3.8) is 0 Å². The standard InChI is InChI=1S/C14H18ClN3O/c1-8(2)18(9(3)4)13(19)10-5-6-11-12(7-10)17-14(15)16-11/h5-9H,1-4H3,(H,16,17). The van der Waals surface area contributed by atoms with Crippen molar-refractivity contribution in [2.45, 2.75) is 39.8 Å². The predicted molar refractivity (Wildman–Crippen MR) is 77.5 cm³/mol. The minimum atomic E-state index is 0.0256. The van der Waals surface area contributed by atoms with Gasteiger partial charge >= 0.3 is 0 Å². The Morgan fingerprint density at radius 2 is 1.89 bits per heavy atom. The molecule has 2 aromatic rings. The monoisotopic (exact) mass is 279 g/mol. The van der Waals surface area contributed by atoms with E-state index in [1.165, 1.54) is 0 Å². The van der Waals surface area contributed by atoms with Crippen LogP contribution in [0.2, 0.25) is 5.28 Å². The summed E-state index contributed by atoms with van der Waals surface area (Å²) >= 11 is 5.82. The molecule has 0 aliphatic carbocycles. The van der Waals surface area contributed by atoms with E-state index < -0.39 is 0 Å². The van der Waals surface area contributed by atoms with Crippen molar-refractivity contribution in [1.29, 1.82) is 0 Å². The zero-order valence-electron chi connectivity index (χ0n) is 11.6. The lowest BCUT2D eigenvalue weighted by molar-refractivity contribution is 0.0644. The fraction of sp³-hybridized carbons (Fsp3) is 0.429. The van der Waals surface area contributed by atoms with Crippen LogP contribution in [0.3, 0.4) is 0 Å². The highest BCUT2D eigenvalue weighted by Gasteiger charge is 2.21. The fourth-order valence-electron chi connectivity index (χ4n) is 2.33. The van der Waals surface area contributed by atoms with Crippen LogP contribution in [0.1, 0.15) is 38.1 Å². The van der Waals surface area contributed by atoms with Crippen molar-refractivity contribution in [2.24, 2.45) is 0 Å². The van der Waals surface area contributed by atoms with E-state index in [0.717, 1.165) is 11.0 Å². The summed E-state index contributed by atoms with van der Waals surface area (Å²) in [4.78, 5) is 21.4. The summed E-state index contributed by atoms with van der Waals surface area (Å²) in [5.41, 5.74) is 2.20. The van der Waals surface area contributed by atoms with Gasteiger partial charge in [-0.3, -0.25) is 4.79 Å². The van der Waals surface area contributed by atoms with E-state index >= 15 is 0 Å². The molecule has 0 aliphatic rings. The number of rotatable bonds is 3. The topological polar surface area (TPSA) is 49.0 Å². The lowest BCUT2D eigenvalue weighted by atomic mass is 10.1. The SMILES string of the molecule is CC(C)N(C(=O)c1ccc2nc(Cl)[nH]c2c1)C(C)C. The molecular formula is C14H18ClN3O. The van der Waals surface area contributed by atoms with Crippen molar-refractivity contribution in [1.82, 2.24) is 14.9 Å². The van der Waals surface area contributed by atoms with Crippen molar-refractivity contribution < 1.29 is 4.79 Å². The molecule has 0 spiro atoms. The molecule has 1 aromatic heterocycles. The smallest absolute Gasteiger partial charge is 0.254 e. The Hall–Kier alpha value is -1.55. The highest BCUT2D eigenvalue weighted by molar-refractivity contribution is 6.29. The van der Waals surface area contributed by atoms with Crippen LogP contribution >= 0.6 is 11.6 Å². The number of nitrogens with zero attached hydrogens (tertiary/aromatic N) is 2. The average Bonchev–Trinajstić information content (AvgIpc) is 2.66. The summed E-state index contributed by atoms with van der Waals surface area (Å²) in [7, 11) is 0. The van der Waals surface area contributed by atoms with Crippen LogP contribution in [0.4, 0.5) is 0 Å². The molecule has 1 aromatic carbocycles. The fourth-order valence-corrected chi connectivity index (χ4v) is 2.52. The minimum absolute atomic E-state index is 0.0256. The number of hydrogen-bond acceptors (Lipinski definition) is 2. The highest BCUT2D eigenvalue weighted by atomic mass is 35.5. The molecule has 4 nitrogen and oxygen atoms in total. The second-order valence-electron chi connectivity index (χ2n) is 5.16. The third-order valence-electron chi connectivity index (χ3n) is 3.05. The first-order chi connectivity index (χ1) is 8.90. The molecule has 0 unspecified atom stereocenters. The summed E-state index contributed by atoms with van der Waals surface area (Å²) < 4.78 is 0. The van der Waals surface area contributed by atoms with Gasteiger partial charge in [0.05, 0.1) is 11.0 Å². The average molecular weight is 280 g/mol. The zero-order chi connectivity index (χ0) is 14.2. The van der Waals surface area contributed by atoms with Gasteiger partial charge in [0, 0.05) is 17.6 Å². The summed E-state index contributed by atoms with van der Waals surface area (Å²) in [6.07, 6.45) is 0. The quantitative estimate of drug-likeness (QED) is 0.935. The lowest BCUT2D eigenvalue weighted by Crippen LogP contribution is -2.42. The van der Waals surface area contributed by atoms with Gasteiger partial charge in [-0.2, -0.15) is 0 Å². The molecule has 2 rings (SSSR count). The lowest BCUT2D eigenvalue weighted by Gasteiger charge is -2.30. The normalized spacial score (nSPS) is 11.5. The van der Waals surface area contributed by atoms with Gasteiger partial charge in [-0.1, -0.05) is 0 Å². The van der Waals surface area contributed by atoms with Crippen LogP contribution < -0.4 is 0 Å². The van der Waals surface area contributed by atoms with Gasteiger partial charge in [0.15, 0.2) is 0 Å². The van der Waals surface area contributed by atoms with Gasteiger partial charge in [0.1, 0.15) is 0 Å². The first-order valence-corrected chi connectivity index (χ1v) is 6.76. The molecule has 19 heavy (non-hydrogen) atoms.